The van der Waals surface area contributed by atoms with Gasteiger partial charge in [-0.05, 0) is 31.2 Å². The number of aliphatic hydroxyl groups excluding tert-OH is 1. The number of rotatable bonds is 5. The lowest BCUT2D eigenvalue weighted by Gasteiger charge is -1.99. The van der Waals surface area contributed by atoms with Crippen LogP contribution in [-0.2, 0) is 4.74 Å². The summed E-state index contributed by atoms with van der Waals surface area (Å²) in [6.45, 7) is 2.07. The summed E-state index contributed by atoms with van der Waals surface area (Å²) in [6.07, 6.45) is 0. The van der Waals surface area contributed by atoms with Gasteiger partial charge in [-0.3, -0.25) is 4.79 Å². The number of esters is 1. The summed E-state index contributed by atoms with van der Waals surface area (Å²) in [4.78, 5) is 22.7. The topological polar surface area (TPSA) is 179 Å². The van der Waals surface area contributed by atoms with Crippen LogP contribution in [0, 0.1) is 0 Å². The number of nitrogens with zero attached hydrogens (tertiary/aromatic N) is 4. The number of amides is 1. The average Bonchev–Trinajstić information content (AvgIpc) is 3.57. The quantitative estimate of drug-likeness (QED) is 0.220. The van der Waals surface area contributed by atoms with Crippen molar-refractivity contribution in [2.24, 2.45) is 0 Å². The Balaban J connectivity index is 0.000000329. The number of nitrogen functional groups attached to an aromatic ring is 2. The Hall–Kier alpha value is -3.94. The second kappa shape index (κ2) is 15.1. The van der Waals surface area contributed by atoms with E-state index < -0.39 is 5.97 Å². The number of benzene rings is 2. The van der Waals surface area contributed by atoms with Crippen molar-refractivity contribution in [3.05, 3.63) is 58.5 Å². The molecule has 0 bridgehead atoms. The normalized spacial score (nSPS) is 9.44. The van der Waals surface area contributed by atoms with Gasteiger partial charge in [0.15, 0.2) is 0 Å². The molecule has 0 aliphatic rings. The number of para-hydroxylation sites is 2. The molecule has 13 heteroatoms. The summed E-state index contributed by atoms with van der Waals surface area (Å²) in [5.74, 6) is -0.691. The molecule has 0 spiro atoms. The minimum Gasteiger partial charge on any atom is -0.461 e. The van der Waals surface area contributed by atoms with Crippen molar-refractivity contribution in [2.75, 3.05) is 32.2 Å². The monoisotopic (exact) mass is 531 g/mol. The molecule has 2 aromatic heterocycles. The number of aromatic nitrogens is 4. The Bertz CT molecular complexity index is 1260. The van der Waals surface area contributed by atoms with E-state index in [9.17, 15) is 9.59 Å². The Morgan fingerprint density at radius 3 is 1.75 bits per heavy atom. The molecule has 0 aliphatic carbocycles. The maximum absolute atomic E-state index is 11.4. The number of carbonyl (C=O) groups excluding carboxylic acids is 2. The SMILES string of the molecule is C.CCOC(=O)c1nnc(-c2ccccc2N)s1.CNC(=O)c1nnc(-c2ccccc2N)s1.CO. The molecule has 192 valence electrons. The van der Waals surface area contributed by atoms with Crippen molar-refractivity contribution in [1.29, 1.82) is 0 Å². The molecule has 0 atom stereocenters. The van der Waals surface area contributed by atoms with Gasteiger partial charge in [0.05, 0.1) is 6.61 Å². The number of carbonyl (C=O) groups is 2. The minimum absolute atomic E-state index is 0. The molecule has 2 heterocycles. The molecule has 0 unspecified atom stereocenters. The van der Waals surface area contributed by atoms with E-state index in [0.717, 1.165) is 18.2 Å². The fourth-order valence-corrected chi connectivity index (χ4v) is 4.14. The van der Waals surface area contributed by atoms with E-state index in [0.29, 0.717) is 33.0 Å². The van der Waals surface area contributed by atoms with Crippen LogP contribution in [0.4, 0.5) is 11.4 Å². The van der Waals surface area contributed by atoms with Crippen molar-refractivity contribution in [2.45, 2.75) is 14.4 Å². The average molecular weight is 532 g/mol. The van der Waals surface area contributed by atoms with Crippen molar-refractivity contribution < 1.29 is 19.4 Å². The molecule has 0 radical (unpaired) electrons. The number of anilines is 2. The van der Waals surface area contributed by atoms with Crippen LogP contribution >= 0.6 is 22.7 Å². The van der Waals surface area contributed by atoms with Crippen LogP contribution in [0.15, 0.2) is 48.5 Å². The van der Waals surface area contributed by atoms with Crippen LogP contribution in [0.2, 0.25) is 0 Å². The van der Waals surface area contributed by atoms with Crippen LogP contribution in [0.5, 0.6) is 0 Å². The zero-order valence-corrected chi connectivity index (χ0v) is 20.9. The Morgan fingerprint density at radius 2 is 1.31 bits per heavy atom. The van der Waals surface area contributed by atoms with Crippen LogP contribution in [0.3, 0.4) is 0 Å². The molecule has 2 aromatic carbocycles. The first-order valence-electron chi connectivity index (χ1n) is 10.1. The van der Waals surface area contributed by atoms with E-state index in [-0.39, 0.29) is 18.3 Å². The van der Waals surface area contributed by atoms with Crippen molar-refractivity contribution in [3.63, 3.8) is 0 Å². The van der Waals surface area contributed by atoms with Gasteiger partial charge in [-0.15, -0.1) is 20.4 Å². The van der Waals surface area contributed by atoms with Crippen LogP contribution in [0.1, 0.15) is 34.0 Å². The van der Waals surface area contributed by atoms with Gasteiger partial charge in [-0.25, -0.2) is 4.79 Å². The van der Waals surface area contributed by atoms with Crippen LogP contribution in [0.25, 0.3) is 21.1 Å². The number of ether oxygens (including phenoxy) is 1. The lowest BCUT2D eigenvalue weighted by atomic mass is 10.2. The van der Waals surface area contributed by atoms with Gasteiger partial charge in [0.2, 0.25) is 10.0 Å². The summed E-state index contributed by atoms with van der Waals surface area (Å²) in [5, 5.41) is 26.8. The number of hydrogen-bond acceptors (Lipinski definition) is 12. The lowest BCUT2D eigenvalue weighted by Crippen LogP contribution is -2.17. The fraction of sp³-hybridized carbons (Fsp3) is 0.217. The third-order valence-electron chi connectivity index (χ3n) is 4.10. The molecule has 4 aromatic rings. The van der Waals surface area contributed by atoms with Gasteiger partial charge in [-0.1, -0.05) is 54.4 Å². The van der Waals surface area contributed by atoms with Gasteiger partial charge < -0.3 is 26.6 Å². The van der Waals surface area contributed by atoms with Crippen molar-refractivity contribution in [3.8, 4) is 21.1 Å². The smallest absolute Gasteiger partial charge is 0.369 e. The third-order valence-corrected chi connectivity index (χ3v) is 6.00. The highest BCUT2D eigenvalue weighted by Crippen LogP contribution is 2.29. The number of nitrogens with one attached hydrogen (secondary N) is 1. The maximum atomic E-state index is 11.4. The van der Waals surface area contributed by atoms with Gasteiger partial charge in [0.1, 0.15) is 10.0 Å². The van der Waals surface area contributed by atoms with Crippen LogP contribution in [-0.4, -0.2) is 58.1 Å². The van der Waals surface area contributed by atoms with Crippen molar-refractivity contribution >= 4 is 45.9 Å². The molecule has 0 saturated heterocycles. The first kappa shape index (κ1) is 30.1. The Kier molecular flexibility index (Phi) is 12.7. The molecule has 1 amide bonds. The predicted molar refractivity (Wildman–Crippen MR) is 144 cm³/mol. The zero-order chi connectivity index (χ0) is 25.8. The highest BCUT2D eigenvalue weighted by atomic mass is 32.1. The second-order valence-corrected chi connectivity index (χ2v) is 8.25. The van der Waals surface area contributed by atoms with E-state index in [1.54, 1.807) is 26.1 Å². The van der Waals surface area contributed by atoms with Gasteiger partial charge in [0, 0.05) is 36.7 Å². The molecule has 0 fully saturated rings. The first-order chi connectivity index (χ1) is 16.9. The summed E-state index contributed by atoms with van der Waals surface area (Å²) >= 11 is 2.39. The summed E-state index contributed by atoms with van der Waals surface area (Å²) < 4.78 is 4.85. The molecular weight excluding hydrogens is 502 g/mol. The minimum atomic E-state index is -0.453. The molecule has 36 heavy (non-hydrogen) atoms. The molecule has 6 N–H and O–H groups in total. The highest BCUT2D eigenvalue weighted by Gasteiger charge is 2.16. The van der Waals surface area contributed by atoms with Gasteiger partial charge in [-0.2, -0.15) is 0 Å². The zero-order valence-electron chi connectivity index (χ0n) is 19.3. The Labute approximate surface area is 217 Å². The number of nitrogens with two attached hydrogens (primary N) is 2. The molecule has 11 nitrogen and oxygen atoms in total. The lowest BCUT2D eigenvalue weighted by molar-refractivity contribution is 0.0525. The van der Waals surface area contributed by atoms with E-state index in [1.807, 2.05) is 36.4 Å². The van der Waals surface area contributed by atoms with Crippen LogP contribution < -0.4 is 16.8 Å². The molecule has 4 rings (SSSR count). The standard InChI is InChI=1S/C11H11N3O2S.C10H10N4OS.CH4O.CH4/c1-2-16-11(15)10-14-13-9(17-10)7-5-3-4-6-8(7)12;1-12-8(15)10-14-13-9(16-10)6-4-2-3-5-7(6)11;1-2;/h3-6H,2,12H2,1H3;2-5H,11H2,1H3,(H,12,15);2H,1H3;1H4. The van der Waals surface area contributed by atoms with E-state index in [4.69, 9.17) is 21.3 Å². The summed E-state index contributed by atoms with van der Waals surface area (Å²) in [5.41, 5.74) is 14.4. The first-order valence-corrected chi connectivity index (χ1v) is 11.8. The van der Waals surface area contributed by atoms with Gasteiger partial charge >= 0.3 is 5.97 Å². The third kappa shape index (κ3) is 7.80. The maximum Gasteiger partial charge on any atom is 0.369 e. The van der Waals surface area contributed by atoms with Crippen molar-refractivity contribution in [1.82, 2.24) is 25.7 Å². The highest BCUT2D eigenvalue weighted by molar-refractivity contribution is 7.16. The van der Waals surface area contributed by atoms with E-state index in [1.165, 1.54) is 22.7 Å². The molecule has 0 saturated carbocycles. The predicted octanol–water partition coefficient (Wildman–Crippen LogP) is 3.36. The molecular formula is C23H29N7O4S2. The fourth-order valence-electron chi connectivity index (χ4n) is 2.52. The largest absolute Gasteiger partial charge is 0.461 e. The van der Waals surface area contributed by atoms with E-state index >= 15 is 0 Å². The second-order valence-electron chi connectivity index (χ2n) is 6.30. The molecule has 0 aliphatic heterocycles. The van der Waals surface area contributed by atoms with Gasteiger partial charge in [0.25, 0.3) is 5.91 Å². The Morgan fingerprint density at radius 1 is 0.861 bits per heavy atom. The van der Waals surface area contributed by atoms with E-state index in [2.05, 4.69) is 25.7 Å². The number of hydrogen-bond donors (Lipinski definition) is 4. The summed E-state index contributed by atoms with van der Waals surface area (Å²) in [6, 6.07) is 14.7. The number of aliphatic hydroxyl groups is 1. The summed E-state index contributed by atoms with van der Waals surface area (Å²) in [7, 11) is 2.56.